The van der Waals surface area contributed by atoms with Crippen LogP contribution in [0.2, 0.25) is 0 Å². The Kier molecular flexibility index (Phi) is 6.25. The van der Waals surface area contributed by atoms with Gasteiger partial charge in [-0.05, 0) is 19.8 Å². The highest BCUT2D eigenvalue weighted by atomic mass is 16.3. The first-order chi connectivity index (χ1) is 4.81. The van der Waals surface area contributed by atoms with E-state index in [1.165, 1.54) is 0 Å². The Morgan fingerprint density at radius 3 is 2.60 bits per heavy atom. The number of rotatable bonds is 4. The summed E-state index contributed by atoms with van der Waals surface area (Å²) in [5, 5.41) is 17.4. The van der Waals surface area contributed by atoms with E-state index in [1.807, 2.05) is 0 Å². The van der Waals surface area contributed by atoms with Crippen LogP contribution in [0.4, 0.5) is 0 Å². The maximum Gasteiger partial charge on any atom is 0.0571 e. The van der Waals surface area contributed by atoms with Crippen LogP contribution in [0.3, 0.4) is 0 Å². The fraction of sp³-hybridized carbons (Fsp3) is 0.750. The maximum absolute atomic E-state index is 9.05. The SMILES string of the molecule is CC#CCCC(O)CCO. The maximum atomic E-state index is 9.05. The zero-order valence-corrected chi connectivity index (χ0v) is 6.30. The number of aliphatic hydroxyl groups excluding tert-OH is 2. The summed E-state index contributed by atoms with van der Waals surface area (Å²) in [5.74, 6) is 5.59. The Labute approximate surface area is 61.9 Å². The van der Waals surface area contributed by atoms with E-state index in [2.05, 4.69) is 11.8 Å². The molecule has 0 spiro atoms. The minimum Gasteiger partial charge on any atom is -0.396 e. The van der Waals surface area contributed by atoms with Gasteiger partial charge in [0, 0.05) is 13.0 Å². The summed E-state index contributed by atoms with van der Waals surface area (Å²) in [4.78, 5) is 0. The second kappa shape index (κ2) is 6.60. The quantitative estimate of drug-likeness (QED) is 0.562. The smallest absolute Gasteiger partial charge is 0.0571 e. The van der Waals surface area contributed by atoms with E-state index in [9.17, 15) is 0 Å². The zero-order valence-electron chi connectivity index (χ0n) is 6.30. The number of aliphatic hydroxyl groups is 2. The van der Waals surface area contributed by atoms with Crippen molar-refractivity contribution in [2.75, 3.05) is 6.61 Å². The van der Waals surface area contributed by atoms with E-state index in [-0.39, 0.29) is 12.7 Å². The molecule has 0 aromatic carbocycles. The molecule has 58 valence electrons. The van der Waals surface area contributed by atoms with Crippen molar-refractivity contribution in [2.24, 2.45) is 0 Å². The molecule has 0 rings (SSSR count). The van der Waals surface area contributed by atoms with Gasteiger partial charge in [-0.25, -0.2) is 0 Å². The lowest BCUT2D eigenvalue weighted by atomic mass is 10.1. The van der Waals surface area contributed by atoms with Crippen LogP contribution in [-0.2, 0) is 0 Å². The lowest BCUT2D eigenvalue weighted by molar-refractivity contribution is 0.126. The predicted molar refractivity (Wildman–Crippen MR) is 40.4 cm³/mol. The molecular weight excluding hydrogens is 128 g/mol. The second-order valence-corrected chi connectivity index (χ2v) is 2.13. The van der Waals surface area contributed by atoms with Crippen molar-refractivity contribution in [3.8, 4) is 11.8 Å². The molecule has 0 radical (unpaired) electrons. The van der Waals surface area contributed by atoms with Gasteiger partial charge in [0.2, 0.25) is 0 Å². The van der Waals surface area contributed by atoms with E-state index in [4.69, 9.17) is 10.2 Å². The van der Waals surface area contributed by atoms with Gasteiger partial charge >= 0.3 is 0 Å². The van der Waals surface area contributed by atoms with E-state index in [0.717, 1.165) is 6.42 Å². The van der Waals surface area contributed by atoms with Crippen LogP contribution >= 0.6 is 0 Å². The molecule has 0 bridgehead atoms. The van der Waals surface area contributed by atoms with E-state index in [1.54, 1.807) is 6.92 Å². The molecule has 0 aromatic heterocycles. The van der Waals surface area contributed by atoms with Crippen LogP contribution < -0.4 is 0 Å². The molecule has 0 aromatic rings. The molecule has 0 heterocycles. The van der Waals surface area contributed by atoms with Crippen LogP contribution in [0, 0.1) is 11.8 Å². The van der Waals surface area contributed by atoms with E-state index in [0.29, 0.717) is 12.8 Å². The standard InChI is InChI=1S/C8H14O2/c1-2-3-4-5-8(10)6-7-9/h8-10H,4-7H2,1H3. The zero-order chi connectivity index (χ0) is 7.82. The molecule has 10 heavy (non-hydrogen) atoms. The van der Waals surface area contributed by atoms with Gasteiger partial charge in [0.1, 0.15) is 0 Å². The van der Waals surface area contributed by atoms with Gasteiger partial charge in [0.25, 0.3) is 0 Å². The molecule has 0 aliphatic heterocycles. The molecule has 0 fully saturated rings. The average Bonchev–Trinajstić information content (AvgIpc) is 1.89. The largest absolute Gasteiger partial charge is 0.396 e. The first-order valence-electron chi connectivity index (χ1n) is 3.49. The molecule has 2 nitrogen and oxygen atoms in total. The summed E-state index contributed by atoms with van der Waals surface area (Å²) in [7, 11) is 0. The third kappa shape index (κ3) is 5.61. The lowest BCUT2D eigenvalue weighted by Gasteiger charge is -2.04. The monoisotopic (exact) mass is 142 g/mol. The summed E-state index contributed by atoms with van der Waals surface area (Å²) in [6, 6.07) is 0. The Balaban J connectivity index is 3.18. The van der Waals surface area contributed by atoms with Crippen LogP contribution in [0.15, 0.2) is 0 Å². The fourth-order valence-electron chi connectivity index (χ4n) is 0.657. The lowest BCUT2D eigenvalue weighted by Crippen LogP contribution is -2.07. The highest BCUT2D eigenvalue weighted by molar-refractivity contribution is 4.94. The van der Waals surface area contributed by atoms with Gasteiger partial charge < -0.3 is 10.2 Å². The topological polar surface area (TPSA) is 40.5 Å². The van der Waals surface area contributed by atoms with Crippen molar-refractivity contribution in [2.45, 2.75) is 32.3 Å². The Bertz CT molecular complexity index is 121. The fourth-order valence-corrected chi connectivity index (χ4v) is 0.657. The van der Waals surface area contributed by atoms with Crippen molar-refractivity contribution in [3.05, 3.63) is 0 Å². The Morgan fingerprint density at radius 1 is 1.40 bits per heavy atom. The first kappa shape index (κ1) is 9.48. The third-order valence-corrected chi connectivity index (χ3v) is 1.24. The summed E-state index contributed by atoms with van der Waals surface area (Å²) in [6.07, 6.45) is 1.47. The van der Waals surface area contributed by atoms with Gasteiger partial charge in [-0.1, -0.05) is 0 Å². The van der Waals surface area contributed by atoms with Crippen molar-refractivity contribution in [1.82, 2.24) is 0 Å². The van der Waals surface area contributed by atoms with E-state index >= 15 is 0 Å². The van der Waals surface area contributed by atoms with Gasteiger partial charge in [-0.2, -0.15) is 0 Å². The highest BCUT2D eigenvalue weighted by Gasteiger charge is 1.99. The molecule has 1 unspecified atom stereocenters. The second-order valence-electron chi connectivity index (χ2n) is 2.13. The van der Waals surface area contributed by atoms with Gasteiger partial charge in [-0.15, -0.1) is 11.8 Å². The Morgan fingerprint density at radius 2 is 2.10 bits per heavy atom. The minimum atomic E-state index is -0.383. The van der Waals surface area contributed by atoms with E-state index < -0.39 is 0 Å². The first-order valence-corrected chi connectivity index (χ1v) is 3.49. The van der Waals surface area contributed by atoms with Gasteiger partial charge in [-0.3, -0.25) is 0 Å². The molecule has 1 atom stereocenters. The number of hydrogen-bond acceptors (Lipinski definition) is 2. The van der Waals surface area contributed by atoms with Gasteiger partial charge in [0.15, 0.2) is 0 Å². The molecule has 2 heteroatoms. The molecule has 0 aliphatic carbocycles. The summed E-state index contributed by atoms with van der Waals surface area (Å²) in [6.45, 7) is 1.83. The number of hydrogen-bond donors (Lipinski definition) is 2. The molecule has 0 saturated heterocycles. The van der Waals surface area contributed by atoms with Gasteiger partial charge in [0.05, 0.1) is 6.10 Å². The van der Waals surface area contributed by atoms with Crippen molar-refractivity contribution >= 4 is 0 Å². The predicted octanol–water partition coefficient (Wildman–Crippen LogP) is 0.533. The molecular formula is C8H14O2. The average molecular weight is 142 g/mol. The summed E-state index contributed by atoms with van der Waals surface area (Å²) < 4.78 is 0. The summed E-state index contributed by atoms with van der Waals surface area (Å²) >= 11 is 0. The Hall–Kier alpha value is -0.520. The molecule has 2 N–H and O–H groups in total. The van der Waals surface area contributed by atoms with Crippen molar-refractivity contribution < 1.29 is 10.2 Å². The highest BCUT2D eigenvalue weighted by Crippen LogP contribution is 1.99. The molecule has 0 saturated carbocycles. The van der Waals surface area contributed by atoms with Crippen LogP contribution in [0.25, 0.3) is 0 Å². The van der Waals surface area contributed by atoms with Crippen molar-refractivity contribution in [1.29, 1.82) is 0 Å². The minimum absolute atomic E-state index is 0.0563. The van der Waals surface area contributed by atoms with Crippen LogP contribution in [0.1, 0.15) is 26.2 Å². The normalized spacial score (nSPS) is 11.9. The summed E-state index contributed by atoms with van der Waals surface area (Å²) in [5.41, 5.74) is 0. The molecule has 0 aliphatic rings. The van der Waals surface area contributed by atoms with Crippen molar-refractivity contribution in [3.63, 3.8) is 0 Å². The van der Waals surface area contributed by atoms with Crippen LogP contribution in [-0.4, -0.2) is 22.9 Å². The molecule has 0 amide bonds. The van der Waals surface area contributed by atoms with Crippen LogP contribution in [0.5, 0.6) is 0 Å². The third-order valence-electron chi connectivity index (χ3n) is 1.24.